The van der Waals surface area contributed by atoms with Gasteiger partial charge in [0.1, 0.15) is 0 Å². The summed E-state index contributed by atoms with van der Waals surface area (Å²) >= 11 is 1.93. The van der Waals surface area contributed by atoms with Crippen molar-refractivity contribution in [2.24, 2.45) is 11.7 Å². The van der Waals surface area contributed by atoms with Crippen LogP contribution < -0.4 is 11.1 Å². The highest BCUT2D eigenvalue weighted by atomic mass is 32.2. The summed E-state index contributed by atoms with van der Waals surface area (Å²) in [4.78, 5) is 11.1. The number of hydrogen-bond donors (Lipinski definition) is 2. The van der Waals surface area contributed by atoms with Crippen LogP contribution in [0.3, 0.4) is 0 Å². The largest absolute Gasteiger partial charge is 0.368 e. The first kappa shape index (κ1) is 10.9. The molecule has 76 valence electrons. The molecule has 0 spiro atoms. The Bertz CT molecular complexity index is 178. The summed E-state index contributed by atoms with van der Waals surface area (Å²) in [6.07, 6.45) is 1.15. The molecule has 0 bridgehead atoms. The van der Waals surface area contributed by atoms with Crippen molar-refractivity contribution >= 4 is 17.7 Å². The van der Waals surface area contributed by atoms with Gasteiger partial charge in [0, 0.05) is 11.8 Å². The third kappa shape index (κ3) is 3.19. The van der Waals surface area contributed by atoms with E-state index in [2.05, 4.69) is 5.32 Å². The Hall–Kier alpha value is -0.220. The van der Waals surface area contributed by atoms with E-state index in [1.54, 1.807) is 0 Å². The molecule has 2 atom stereocenters. The molecule has 1 heterocycles. The molecule has 0 saturated carbocycles. The van der Waals surface area contributed by atoms with Crippen LogP contribution in [-0.2, 0) is 4.79 Å². The van der Waals surface area contributed by atoms with E-state index >= 15 is 0 Å². The monoisotopic (exact) mass is 202 g/mol. The van der Waals surface area contributed by atoms with E-state index in [0.717, 1.165) is 12.2 Å². The van der Waals surface area contributed by atoms with Crippen molar-refractivity contribution in [1.82, 2.24) is 5.32 Å². The second-order valence-electron chi connectivity index (χ2n) is 3.85. The first-order valence-electron chi connectivity index (χ1n) is 4.74. The summed E-state index contributed by atoms with van der Waals surface area (Å²) in [5.74, 6) is 2.35. The fourth-order valence-electron chi connectivity index (χ4n) is 1.52. The standard InChI is InChI=1S/C9H18N2OS/c1-6(2)8(9(10)12)11-7-3-4-13-5-7/h6-8,11H,3-5H2,1-2H3,(H2,10,12). The van der Waals surface area contributed by atoms with Gasteiger partial charge in [-0.3, -0.25) is 4.79 Å². The van der Waals surface area contributed by atoms with E-state index in [9.17, 15) is 4.79 Å². The molecule has 3 nitrogen and oxygen atoms in total. The molecule has 0 aromatic rings. The van der Waals surface area contributed by atoms with Gasteiger partial charge in [-0.1, -0.05) is 13.8 Å². The first-order chi connectivity index (χ1) is 6.11. The van der Waals surface area contributed by atoms with Gasteiger partial charge in [0.05, 0.1) is 6.04 Å². The normalized spacial score (nSPS) is 25.0. The molecule has 2 unspecified atom stereocenters. The summed E-state index contributed by atoms with van der Waals surface area (Å²) in [7, 11) is 0. The Morgan fingerprint density at radius 3 is 2.69 bits per heavy atom. The van der Waals surface area contributed by atoms with E-state index in [1.165, 1.54) is 5.75 Å². The van der Waals surface area contributed by atoms with Crippen molar-refractivity contribution in [3.63, 3.8) is 0 Å². The van der Waals surface area contributed by atoms with Gasteiger partial charge in [0.2, 0.25) is 5.91 Å². The van der Waals surface area contributed by atoms with Gasteiger partial charge >= 0.3 is 0 Å². The molecule has 1 fully saturated rings. The summed E-state index contributed by atoms with van der Waals surface area (Å²) in [5, 5.41) is 3.32. The van der Waals surface area contributed by atoms with Crippen LogP contribution in [0.25, 0.3) is 0 Å². The topological polar surface area (TPSA) is 55.1 Å². The summed E-state index contributed by atoms with van der Waals surface area (Å²) in [5.41, 5.74) is 5.31. The van der Waals surface area contributed by atoms with Crippen LogP contribution in [0.2, 0.25) is 0 Å². The van der Waals surface area contributed by atoms with Crippen molar-refractivity contribution in [2.45, 2.75) is 32.4 Å². The highest BCUT2D eigenvalue weighted by Gasteiger charge is 2.24. The molecule has 1 saturated heterocycles. The zero-order valence-corrected chi connectivity index (χ0v) is 9.06. The van der Waals surface area contributed by atoms with Gasteiger partial charge in [0.15, 0.2) is 0 Å². The molecule has 4 heteroatoms. The molecule has 0 radical (unpaired) electrons. The van der Waals surface area contributed by atoms with E-state index in [0.29, 0.717) is 6.04 Å². The van der Waals surface area contributed by atoms with Crippen LogP contribution in [-0.4, -0.2) is 29.5 Å². The van der Waals surface area contributed by atoms with Crippen molar-refractivity contribution in [3.8, 4) is 0 Å². The van der Waals surface area contributed by atoms with Crippen molar-refractivity contribution in [2.75, 3.05) is 11.5 Å². The van der Waals surface area contributed by atoms with Crippen molar-refractivity contribution < 1.29 is 4.79 Å². The molecule has 1 rings (SSSR count). The lowest BCUT2D eigenvalue weighted by Crippen LogP contribution is -2.49. The molecule has 0 aliphatic carbocycles. The quantitative estimate of drug-likeness (QED) is 0.701. The van der Waals surface area contributed by atoms with Crippen LogP contribution in [0.5, 0.6) is 0 Å². The van der Waals surface area contributed by atoms with Gasteiger partial charge in [-0.15, -0.1) is 0 Å². The average molecular weight is 202 g/mol. The number of nitrogens with one attached hydrogen (secondary N) is 1. The molecule has 1 aliphatic heterocycles. The molecular weight excluding hydrogens is 184 g/mol. The minimum Gasteiger partial charge on any atom is -0.368 e. The first-order valence-corrected chi connectivity index (χ1v) is 5.90. The fraction of sp³-hybridized carbons (Fsp3) is 0.889. The lowest BCUT2D eigenvalue weighted by molar-refractivity contribution is -0.121. The zero-order valence-electron chi connectivity index (χ0n) is 8.25. The van der Waals surface area contributed by atoms with Crippen LogP contribution in [0.1, 0.15) is 20.3 Å². The molecule has 13 heavy (non-hydrogen) atoms. The highest BCUT2D eigenvalue weighted by Crippen LogP contribution is 2.18. The Balaban J connectivity index is 2.41. The van der Waals surface area contributed by atoms with Crippen LogP contribution in [0, 0.1) is 5.92 Å². The van der Waals surface area contributed by atoms with E-state index in [4.69, 9.17) is 5.73 Å². The maximum Gasteiger partial charge on any atom is 0.234 e. The maximum absolute atomic E-state index is 11.1. The van der Waals surface area contributed by atoms with Gasteiger partial charge in [0.25, 0.3) is 0 Å². The van der Waals surface area contributed by atoms with Gasteiger partial charge < -0.3 is 11.1 Å². The maximum atomic E-state index is 11.1. The number of primary amides is 1. The van der Waals surface area contributed by atoms with E-state index in [-0.39, 0.29) is 17.9 Å². The zero-order chi connectivity index (χ0) is 9.84. The summed E-state index contributed by atoms with van der Waals surface area (Å²) in [6.45, 7) is 4.04. The summed E-state index contributed by atoms with van der Waals surface area (Å²) < 4.78 is 0. The number of nitrogens with two attached hydrogens (primary N) is 1. The number of rotatable bonds is 4. The predicted octanol–water partition coefficient (Wildman–Crippen LogP) is 0.591. The highest BCUT2D eigenvalue weighted by molar-refractivity contribution is 7.99. The average Bonchev–Trinajstić information content (AvgIpc) is 2.50. The Kier molecular flexibility index (Phi) is 4.06. The van der Waals surface area contributed by atoms with Gasteiger partial charge in [-0.05, 0) is 18.1 Å². The number of carbonyl (C=O) groups excluding carboxylic acids is 1. The lowest BCUT2D eigenvalue weighted by Gasteiger charge is -2.22. The minimum absolute atomic E-state index is 0.163. The molecular formula is C9H18N2OS. The fourth-order valence-corrected chi connectivity index (χ4v) is 2.69. The van der Waals surface area contributed by atoms with E-state index in [1.807, 2.05) is 25.6 Å². The molecule has 1 amide bonds. The Morgan fingerprint density at radius 1 is 1.62 bits per heavy atom. The van der Waals surface area contributed by atoms with Crippen LogP contribution in [0.4, 0.5) is 0 Å². The third-order valence-electron chi connectivity index (χ3n) is 2.32. The number of amides is 1. The van der Waals surface area contributed by atoms with Crippen molar-refractivity contribution in [1.29, 1.82) is 0 Å². The number of carbonyl (C=O) groups is 1. The second kappa shape index (κ2) is 4.86. The smallest absolute Gasteiger partial charge is 0.234 e. The summed E-state index contributed by atoms with van der Waals surface area (Å²) in [6, 6.07) is 0.314. The van der Waals surface area contributed by atoms with Gasteiger partial charge in [-0.2, -0.15) is 11.8 Å². The predicted molar refractivity (Wildman–Crippen MR) is 56.7 cm³/mol. The molecule has 1 aliphatic rings. The molecule has 0 aromatic heterocycles. The van der Waals surface area contributed by atoms with Gasteiger partial charge in [-0.25, -0.2) is 0 Å². The SMILES string of the molecule is CC(C)C(NC1CCSC1)C(N)=O. The second-order valence-corrected chi connectivity index (χ2v) is 5.00. The lowest BCUT2D eigenvalue weighted by atomic mass is 10.0. The molecule has 0 aromatic carbocycles. The molecule has 3 N–H and O–H groups in total. The minimum atomic E-state index is -0.230. The Labute approximate surface area is 83.8 Å². The van der Waals surface area contributed by atoms with Crippen LogP contribution in [0.15, 0.2) is 0 Å². The van der Waals surface area contributed by atoms with Crippen LogP contribution >= 0.6 is 11.8 Å². The Morgan fingerprint density at radius 2 is 2.31 bits per heavy atom. The van der Waals surface area contributed by atoms with E-state index < -0.39 is 0 Å². The number of thioether (sulfide) groups is 1. The number of hydrogen-bond acceptors (Lipinski definition) is 3. The van der Waals surface area contributed by atoms with Crippen molar-refractivity contribution in [3.05, 3.63) is 0 Å². The third-order valence-corrected chi connectivity index (χ3v) is 3.48.